The molecule has 1 aliphatic carbocycles. The molecule has 0 atom stereocenters. The minimum atomic E-state index is -0.00782. The average molecular weight is 368 g/mol. The molecule has 2 N–H and O–H groups in total. The van der Waals surface area contributed by atoms with Gasteiger partial charge in [0, 0.05) is 52.6 Å². The zero-order chi connectivity index (χ0) is 18.3. The van der Waals surface area contributed by atoms with E-state index < -0.39 is 0 Å². The third-order valence-electron chi connectivity index (χ3n) is 5.56. The number of aromatic nitrogens is 2. The van der Waals surface area contributed by atoms with Crippen LogP contribution in [0.3, 0.4) is 0 Å². The van der Waals surface area contributed by atoms with Crippen molar-refractivity contribution >= 4 is 29.2 Å². The number of thiol groups is 1. The third kappa shape index (κ3) is 3.16. The zero-order valence-electron chi connectivity index (χ0n) is 15.2. The summed E-state index contributed by atoms with van der Waals surface area (Å²) < 4.78 is 1.64. The van der Waals surface area contributed by atoms with E-state index in [1.807, 2.05) is 24.5 Å². The van der Waals surface area contributed by atoms with Gasteiger partial charge in [0.05, 0.1) is 0 Å². The van der Waals surface area contributed by atoms with E-state index in [4.69, 9.17) is 0 Å². The predicted molar refractivity (Wildman–Crippen MR) is 111 cm³/mol. The molecule has 136 valence electrons. The van der Waals surface area contributed by atoms with Gasteiger partial charge in [-0.1, -0.05) is 6.92 Å². The van der Waals surface area contributed by atoms with Gasteiger partial charge in [0.25, 0.3) is 5.56 Å². The van der Waals surface area contributed by atoms with Crippen molar-refractivity contribution < 1.29 is 0 Å². The molecule has 1 aromatic carbocycles. The molecule has 4 rings (SSSR count). The largest absolute Gasteiger partial charge is 0.382 e. The van der Waals surface area contributed by atoms with Crippen molar-refractivity contribution in [3.63, 3.8) is 0 Å². The van der Waals surface area contributed by atoms with Crippen LogP contribution < -0.4 is 10.9 Å². The molecule has 2 aromatic heterocycles. The van der Waals surface area contributed by atoms with E-state index in [9.17, 15) is 4.79 Å². The van der Waals surface area contributed by atoms with Crippen LogP contribution in [0.4, 0.5) is 5.69 Å². The highest BCUT2D eigenvalue weighted by Gasteiger charge is 2.20. The molecule has 0 radical (unpaired) electrons. The molecule has 0 aliphatic heterocycles. The minimum Gasteiger partial charge on any atom is -0.382 e. The summed E-state index contributed by atoms with van der Waals surface area (Å²) in [5, 5.41) is 4.71. The van der Waals surface area contributed by atoms with Crippen LogP contribution in [0.1, 0.15) is 32.6 Å². The zero-order valence-corrected chi connectivity index (χ0v) is 16.1. The van der Waals surface area contributed by atoms with Gasteiger partial charge >= 0.3 is 0 Å². The second-order valence-electron chi connectivity index (χ2n) is 7.56. The number of anilines is 1. The second kappa shape index (κ2) is 6.88. The van der Waals surface area contributed by atoms with Gasteiger partial charge in [0.1, 0.15) is 5.52 Å². The molecule has 1 aliphatic rings. The van der Waals surface area contributed by atoms with Crippen LogP contribution in [0.5, 0.6) is 0 Å². The van der Waals surface area contributed by atoms with Gasteiger partial charge in [-0.15, -0.1) is 12.6 Å². The molecule has 3 aromatic rings. The first-order chi connectivity index (χ1) is 12.5. The lowest BCUT2D eigenvalue weighted by Crippen LogP contribution is -2.25. The Hall–Kier alpha value is -2.14. The van der Waals surface area contributed by atoms with E-state index in [1.165, 1.54) is 25.7 Å². The van der Waals surface area contributed by atoms with E-state index in [0.29, 0.717) is 11.6 Å². The number of fused-ring (bicyclic) bond motifs is 1. The van der Waals surface area contributed by atoms with Gasteiger partial charge < -0.3 is 14.9 Å². The first-order valence-corrected chi connectivity index (χ1v) is 9.74. The van der Waals surface area contributed by atoms with Crippen molar-refractivity contribution in [2.75, 3.05) is 5.32 Å². The quantitative estimate of drug-likeness (QED) is 0.582. The second-order valence-corrected chi connectivity index (χ2v) is 8.07. The normalized spacial score (nSPS) is 20.4. The van der Waals surface area contributed by atoms with E-state index in [-0.39, 0.29) is 5.56 Å². The molecule has 0 amide bonds. The highest BCUT2D eigenvalue weighted by molar-refractivity contribution is 7.80. The highest BCUT2D eigenvalue weighted by atomic mass is 32.1. The summed E-state index contributed by atoms with van der Waals surface area (Å²) in [4.78, 5) is 16.4. The number of hydrogen-bond acceptors (Lipinski definition) is 3. The molecule has 0 spiro atoms. The molecule has 0 saturated heterocycles. The molecular weight excluding hydrogens is 342 g/mol. The summed E-state index contributed by atoms with van der Waals surface area (Å²) in [5.74, 6) is 0.829. The molecule has 2 heterocycles. The number of benzene rings is 1. The van der Waals surface area contributed by atoms with E-state index >= 15 is 0 Å². The van der Waals surface area contributed by atoms with Gasteiger partial charge in [0.15, 0.2) is 0 Å². The Kier molecular flexibility index (Phi) is 4.57. The fourth-order valence-electron chi connectivity index (χ4n) is 3.99. The Morgan fingerprint density at radius 2 is 1.92 bits per heavy atom. The molecule has 1 fully saturated rings. The minimum absolute atomic E-state index is 0.00782. The Morgan fingerprint density at radius 1 is 1.15 bits per heavy atom. The van der Waals surface area contributed by atoms with E-state index in [2.05, 4.69) is 42.0 Å². The van der Waals surface area contributed by atoms with Crippen molar-refractivity contribution in [2.45, 2.75) is 43.5 Å². The van der Waals surface area contributed by atoms with Crippen molar-refractivity contribution in [3.05, 3.63) is 47.0 Å². The van der Waals surface area contributed by atoms with Crippen LogP contribution >= 0.6 is 12.6 Å². The summed E-state index contributed by atoms with van der Waals surface area (Å²) in [6, 6.07) is 8.70. The number of aryl methyl sites for hydroxylation is 1. The number of rotatable bonds is 3. The number of hydrogen-bond donors (Lipinski definition) is 3. The van der Waals surface area contributed by atoms with Crippen LogP contribution in [0.2, 0.25) is 0 Å². The SMILES string of the molecule is CC1CCC(Nc2ccc(S)cc2-c2cn(C)c(=O)c3[nH]ccc23)CC1. The van der Waals surface area contributed by atoms with Crippen molar-refractivity contribution in [2.24, 2.45) is 13.0 Å². The van der Waals surface area contributed by atoms with Gasteiger partial charge in [-0.05, 0) is 55.9 Å². The van der Waals surface area contributed by atoms with E-state index in [0.717, 1.165) is 33.0 Å². The topological polar surface area (TPSA) is 49.8 Å². The maximum absolute atomic E-state index is 12.4. The maximum atomic E-state index is 12.4. The van der Waals surface area contributed by atoms with Crippen LogP contribution in [0, 0.1) is 5.92 Å². The van der Waals surface area contributed by atoms with Crippen LogP contribution in [0.15, 0.2) is 46.3 Å². The molecule has 0 unspecified atom stereocenters. The van der Waals surface area contributed by atoms with Crippen LogP contribution in [-0.2, 0) is 7.05 Å². The number of nitrogens with one attached hydrogen (secondary N) is 2. The number of H-pyrrole nitrogens is 1. The van der Waals surface area contributed by atoms with Crippen molar-refractivity contribution in [1.29, 1.82) is 0 Å². The first kappa shape index (κ1) is 17.3. The first-order valence-electron chi connectivity index (χ1n) is 9.29. The van der Waals surface area contributed by atoms with Crippen LogP contribution in [0.25, 0.3) is 22.0 Å². The fourth-order valence-corrected chi connectivity index (χ4v) is 4.19. The fraction of sp³-hybridized carbons (Fsp3) is 0.381. The lowest BCUT2D eigenvalue weighted by molar-refractivity contribution is 0.361. The smallest absolute Gasteiger partial charge is 0.274 e. The lowest BCUT2D eigenvalue weighted by Gasteiger charge is -2.28. The maximum Gasteiger partial charge on any atom is 0.274 e. The monoisotopic (exact) mass is 367 g/mol. The summed E-state index contributed by atoms with van der Waals surface area (Å²) in [7, 11) is 1.80. The van der Waals surface area contributed by atoms with Gasteiger partial charge in [0.2, 0.25) is 0 Å². The summed E-state index contributed by atoms with van der Waals surface area (Å²) in [6.45, 7) is 2.34. The Labute approximate surface area is 159 Å². The van der Waals surface area contributed by atoms with Gasteiger partial charge in [-0.25, -0.2) is 0 Å². The van der Waals surface area contributed by atoms with Gasteiger partial charge in [-0.3, -0.25) is 4.79 Å². The van der Waals surface area contributed by atoms with E-state index in [1.54, 1.807) is 11.6 Å². The summed E-state index contributed by atoms with van der Waals surface area (Å²) in [6.07, 6.45) is 8.72. The number of pyridine rings is 1. The van der Waals surface area contributed by atoms with Crippen molar-refractivity contribution in [3.8, 4) is 11.1 Å². The number of nitrogens with zero attached hydrogens (tertiary/aromatic N) is 1. The highest BCUT2D eigenvalue weighted by Crippen LogP contribution is 2.36. The standard InChI is InChI=1S/C21H25N3OS/c1-13-3-5-14(6-4-13)23-19-8-7-15(26)11-17(19)18-12-24(2)21(25)20-16(18)9-10-22-20/h7-14,22-23,26H,3-6H2,1-2H3. The summed E-state index contributed by atoms with van der Waals surface area (Å²) in [5.41, 5.74) is 3.89. The lowest BCUT2D eigenvalue weighted by atomic mass is 9.87. The Balaban J connectivity index is 1.80. The molecule has 5 heteroatoms. The Bertz CT molecular complexity index is 996. The number of aromatic amines is 1. The third-order valence-corrected chi connectivity index (χ3v) is 5.84. The molecule has 26 heavy (non-hydrogen) atoms. The molecular formula is C21H25N3OS. The molecule has 0 bridgehead atoms. The van der Waals surface area contributed by atoms with Crippen molar-refractivity contribution in [1.82, 2.24) is 9.55 Å². The average Bonchev–Trinajstić information content (AvgIpc) is 3.12. The van der Waals surface area contributed by atoms with Gasteiger partial charge in [-0.2, -0.15) is 0 Å². The molecule has 1 saturated carbocycles. The Morgan fingerprint density at radius 3 is 2.69 bits per heavy atom. The predicted octanol–water partition coefficient (Wildman–Crippen LogP) is 4.81. The van der Waals surface area contributed by atoms with Crippen LogP contribution in [-0.4, -0.2) is 15.6 Å². The summed E-state index contributed by atoms with van der Waals surface area (Å²) >= 11 is 4.55. The molecule has 4 nitrogen and oxygen atoms in total.